The van der Waals surface area contributed by atoms with Crippen LogP contribution in [-0.2, 0) is 20.9 Å². The molecule has 0 aliphatic carbocycles. The summed E-state index contributed by atoms with van der Waals surface area (Å²) in [5.74, 6) is -0.905. The Kier molecular flexibility index (Phi) is 5.86. The zero-order chi connectivity index (χ0) is 19.2. The number of amides is 2. The lowest BCUT2D eigenvalue weighted by Crippen LogP contribution is -2.35. The molecule has 0 spiro atoms. The maximum Gasteiger partial charge on any atom is 0.338 e. The van der Waals surface area contributed by atoms with E-state index in [1.165, 1.54) is 6.92 Å². The van der Waals surface area contributed by atoms with E-state index in [1.54, 1.807) is 29.2 Å². The molecule has 0 saturated carbocycles. The highest BCUT2D eigenvalue weighted by Gasteiger charge is 2.23. The molecule has 1 N–H and O–H groups in total. The first kappa shape index (κ1) is 18.6. The van der Waals surface area contributed by atoms with Gasteiger partial charge in [0.15, 0.2) is 6.10 Å². The minimum Gasteiger partial charge on any atom is -0.449 e. The number of nitrogens with zero attached hydrogens (tertiary/aromatic N) is 1. The quantitative estimate of drug-likeness (QED) is 0.798. The normalized spacial score (nSPS) is 14.7. The highest BCUT2D eigenvalue weighted by atomic mass is 16.5. The van der Waals surface area contributed by atoms with Crippen molar-refractivity contribution in [1.82, 2.24) is 5.32 Å². The Morgan fingerprint density at radius 3 is 2.63 bits per heavy atom. The van der Waals surface area contributed by atoms with Crippen molar-refractivity contribution >= 4 is 23.5 Å². The Morgan fingerprint density at radius 2 is 1.93 bits per heavy atom. The second-order valence-electron chi connectivity index (χ2n) is 6.45. The lowest BCUT2D eigenvalue weighted by Gasteiger charge is -2.17. The monoisotopic (exact) mass is 366 g/mol. The van der Waals surface area contributed by atoms with Crippen LogP contribution in [0, 0.1) is 0 Å². The van der Waals surface area contributed by atoms with Gasteiger partial charge in [0.25, 0.3) is 5.91 Å². The second-order valence-corrected chi connectivity index (χ2v) is 6.45. The number of hydrogen-bond donors (Lipinski definition) is 1. The van der Waals surface area contributed by atoms with Crippen molar-refractivity contribution in [2.45, 2.75) is 32.4 Å². The molecule has 2 aromatic rings. The molecular weight excluding hydrogens is 344 g/mol. The molecule has 1 saturated heterocycles. The molecule has 140 valence electrons. The van der Waals surface area contributed by atoms with E-state index in [9.17, 15) is 14.4 Å². The fraction of sp³-hybridized carbons (Fsp3) is 0.286. The molecule has 1 heterocycles. The van der Waals surface area contributed by atoms with Crippen LogP contribution < -0.4 is 10.2 Å². The third kappa shape index (κ3) is 4.73. The number of ether oxygens (including phenoxy) is 1. The highest BCUT2D eigenvalue weighted by molar-refractivity contribution is 5.98. The summed E-state index contributed by atoms with van der Waals surface area (Å²) in [6.45, 7) is 2.55. The number of esters is 1. The van der Waals surface area contributed by atoms with Crippen LogP contribution in [0.1, 0.15) is 35.7 Å². The zero-order valence-corrected chi connectivity index (χ0v) is 15.2. The van der Waals surface area contributed by atoms with Crippen LogP contribution in [0.15, 0.2) is 54.6 Å². The van der Waals surface area contributed by atoms with Gasteiger partial charge < -0.3 is 15.0 Å². The van der Waals surface area contributed by atoms with Crippen molar-refractivity contribution < 1.29 is 19.1 Å². The van der Waals surface area contributed by atoms with Gasteiger partial charge in [0.05, 0.1) is 5.56 Å². The number of carbonyl (C=O) groups is 3. The molecule has 0 radical (unpaired) electrons. The largest absolute Gasteiger partial charge is 0.449 e. The van der Waals surface area contributed by atoms with E-state index >= 15 is 0 Å². The maximum absolute atomic E-state index is 12.4. The number of hydrogen-bond acceptors (Lipinski definition) is 4. The Hall–Kier alpha value is -3.15. The standard InChI is InChI=1S/C21H22N2O4/c1-15(20(25)22-14-16-7-3-2-4-8-16)27-21(26)17-9-5-10-18(13-17)23-12-6-11-19(23)24/h2-5,7-10,13,15H,6,11-12,14H2,1H3,(H,22,25)/t15-/m1/s1. The molecule has 0 bridgehead atoms. The van der Waals surface area contributed by atoms with Crippen molar-refractivity contribution in [3.8, 4) is 0 Å². The van der Waals surface area contributed by atoms with Gasteiger partial charge in [0.2, 0.25) is 5.91 Å². The van der Waals surface area contributed by atoms with Gasteiger partial charge in [-0.3, -0.25) is 9.59 Å². The lowest BCUT2D eigenvalue weighted by molar-refractivity contribution is -0.129. The molecule has 0 aromatic heterocycles. The van der Waals surface area contributed by atoms with E-state index < -0.39 is 12.1 Å². The van der Waals surface area contributed by atoms with E-state index in [4.69, 9.17) is 4.74 Å². The Bertz CT molecular complexity index is 835. The van der Waals surface area contributed by atoms with Crippen molar-refractivity contribution in [1.29, 1.82) is 0 Å². The Morgan fingerprint density at radius 1 is 1.15 bits per heavy atom. The van der Waals surface area contributed by atoms with E-state index in [-0.39, 0.29) is 11.8 Å². The molecule has 0 unspecified atom stereocenters. The average Bonchev–Trinajstić information content (AvgIpc) is 3.13. The highest BCUT2D eigenvalue weighted by Crippen LogP contribution is 2.22. The molecule has 1 fully saturated rings. The van der Waals surface area contributed by atoms with Gasteiger partial charge in [-0.1, -0.05) is 36.4 Å². The molecule has 27 heavy (non-hydrogen) atoms. The number of anilines is 1. The Labute approximate surface area is 158 Å². The van der Waals surface area contributed by atoms with Gasteiger partial charge in [-0.05, 0) is 37.1 Å². The van der Waals surface area contributed by atoms with Crippen LogP contribution in [0.2, 0.25) is 0 Å². The van der Waals surface area contributed by atoms with E-state index in [1.807, 2.05) is 30.3 Å². The van der Waals surface area contributed by atoms with Crippen LogP contribution in [-0.4, -0.2) is 30.4 Å². The summed E-state index contributed by atoms with van der Waals surface area (Å²) in [6.07, 6.45) is 0.415. The molecule has 1 aliphatic rings. The van der Waals surface area contributed by atoms with Gasteiger partial charge in [-0.2, -0.15) is 0 Å². The molecule has 1 atom stereocenters. The third-order valence-electron chi connectivity index (χ3n) is 4.43. The van der Waals surface area contributed by atoms with E-state index in [0.717, 1.165) is 12.0 Å². The van der Waals surface area contributed by atoms with Crippen molar-refractivity contribution in [3.63, 3.8) is 0 Å². The summed E-state index contributed by atoms with van der Waals surface area (Å²) in [6, 6.07) is 16.2. The zero-order valence-electron chi connectivity index (χ0n) is 15.2. The predicted molar refractivity (Wildman–Crippen MR) is 101 cm³/mol. The summed E-state index contributed by atoms with van der Waals surface area (Å²) in [7, 11) is 0. The fourth-order valence-corrected chi connectivity index (χ4v) is 2.93. The number of carbonyl (C=O) groups excluding carboxylic acids is 3. The number of benzene rings is 2. The summed E-state index contributed by atoms with van der Waals surface area (Å²) in [5, 5.41) is 2.75. The molecule has 3 rings (SSSR count). The minimum absolute atomic E-state index is 0.0502. The topological polar surface area (TPSA) is 75.7 Å². The minimum atomic E-state index is -0.918. The average molecular weight is 366 g/mol. The van der Waals surface area contributed by atoms with Gasteiger partial charge >= 0.3 is 5.97 Å². The van der Waals surface area contributed by atoms with Crippen LogP contribution >= 0.6 is 0 Å². The summed E-state index contributed by atoms with van der Waals surface area (Å²) in [5.41, 5.74) is 1.95. The predicted octanol–water partition coefficient (Wildman–Crippen LogP) is 2.68. The molecular formula is C21H22N2O4. The SMILES string of the molecule is C[C@@H](OC(=O)c1cccc(N2CCCC2=O)c1)C(=O)NCc1ccccc1. The van der Waals surface area contributed by atoms with Crippen molar-refractivity contribution in [2.75, 3.05) is 11.4 Å². The van der Waals surface area contributed by atoms with Crippen LogP contribution in [0.4, 0.5) is 5.69 Å². The van der Waals surface area contributed by atoms with Crippen LogP contribution in [0.3, 0.4) is 0 Å². The molecule has 2 amide bonds. The van der Waals surface area contributed by atoms with Gasteiger partial charge in [0, 0.05) is 25.2 Å². The summed E-state index contributed by atoms with van der Waals surface area (Å²) >= 11 is 0. The fourth-order valence-electron chi connectivity index (χ4n) is 2.93. The van der Waals surface area contributed by atoms with Crippen LogP contribution in [0.25, 0.3) is 0 Å². The lowest BCUT2D eigenvalue weighted by atomic mass is 10.2. The first-order valence-corrected chi connectivity index (χ1v) is 8.97. The van der Waals surface area contributed by atoms with E-state index in [0.29, 0.717) is 30.8 Å². The Balaban J connectivity index is 1.57. The number of rotatable bonds is 6. The maximum atomic E-state index is 12.4. The second kappa shape index (κ2) is 8.49. The van der Waals surface area contributed by atoms with Gasteiger partial charge in [0.1, 0.15) is 0 Å². The van der Waals surface area contributed by atoms with E-state index in [2.05, 4.69) is 5.32 Å². The number of nitrogens with one attached hydrogen (secondary N) is 1. The molecule has 6 nitrogen and oxygen atoms in total. The molecule has 1 aliphatic heterocycles. The molecule has 2 aromatic carbocycles. The first-order valence-electron chi connectivity index (χ1n) is 8.97. The van der Waals surface area contributed by atoms with Gasteiger partial charge in [-0.25, -0.2) is 4.79 Å². The summed E-state index contributed by atoms with van der Waals surface area (Å²) < 4.78 is 5.28. The first-order chi connectivity index (χ1) is 13.0. The summed E-state index contributed by atoms with van der Waals surface area (Å²) in [4.78, 5) is 38.1. The molecule has 6 heteroatoms. The van der Waals surface area contributed by atoms with Crippen molar-refractivity contribution in [2.24, 2.45) is 0 Å². The smallest absolute Gasteiger partial charge is 0.338 e. The third-order valence-corrected chi connectivity index (χ3v) is 4.43. The van der Waals surface area contributed by atoms with Gasteiger partial charge in [-0.15, -0.1) is 0 Å². The van der Waals surface area contributed by atoms with Crippen molar-refractivity contribution in [3.05, 3.63) is 65.7 Å². The van der Waals surface area contributed by atoms with Crippen LogP contribution in [0.5, 0.6) is 0 Å².